The Bertz CT molecular complexity index is 1590. The van der Waals surface area contributed by atoms with Crippen LogP contribution in [0.25, 0.3) is 43.6 Å². The van der Waals surface area contributed by atoms with Crippen LogP contribution in [0.2, 0.25) is 0 Å². The lowest BCUT2D eigenvalue weighted by molar-refractivity contribution is 0.409. The highest BCUT2D eigenvalue weighted by Gasteiger charge is 2.23. The molecule has 0 N–H and O–H groups in total. The molecule has 2 nitrogen and oxygen atoms in total. The van der Waals surface area contributed by atoms with Crippen molar-refractivity contribution in [2.45, 2.75) is 220 Å². The Balaban J connectivity index is 1.54. The standard InChI is InChI=1S/C52H80N2/c1-5-9-13-17-21-25-33-43(34-26-22-18-14-10-6-2)53-49-39-31-29-37-45(49)47-42-52-48(41-51(47)53)46-38-30-32-40-50(46)54(52)44(35-27-23-19-15-11-7-3)36-28-24-20-16-12-8-4/h29-32,37-44H,5-28,33-36H2,1-4H3. The van der Waals surface area contributed by atoms with Gasteiger partial charge in [0.15, 0.2) is 0 Å². The van der Waals surface area contributed by atoms with Gasteiger partial charge in [0, 0.05) is 44.7 Å². The van der Waals surface area contributed by atoms with E-state index in [1.165, 1.54) is 223 Å². The molecule has 0 atom stereocenters. The second-order valence-corrected chi connectivity index (χ2v) is 17.2. The fourth-order valence-electron chi connectivity index (χ4n) is 9.72. The summed E-state index contributed by atoms with van der Waals surface area (Å²) in [6.45, 7) is 9.33. The van der Waals surface area contributed by atoms with Crippen molar-refractivity contribution in [3.8, 4) is 0 Å². The Kier molecular flexibility index (Phi) is 18.9. The lowest BCUT2D eigenvalue weighted by Gasteiger charge is -2.23. The molecule has 2 aromatic heterocycles. The molecule has 2 heterocycles. The Labute approximate surface area is 331 Å². The van der Waals surface area contributed by atoms with E-state index in [-0.39, 0.29) is 0 Å². The molecule has 0 fully saturated rings. The molecule has 5 aromatic rings. The summed E-state index contributed by atoms with van der Waals surface area (Å²) in [6.07, 6.45) is 38.1. The van der Waals surface area contributed by atoms with E-state index in [1.54, 1.807) is 0 Å². The Morgan fingerprint density at radius 1 is 0.315 bits per heavy atom. The van der Waals surface area contributed by atoms with E-state index < -0.39 is 0 Å². The summed E-state index contributed by atoms with van der Waals surface area (Å²) < 4.78 is 5.66. The van der Waals surface area contributed by atoms with E-state index in [0.29, 0.717) is 12.1 Å². The second-order valence-electron chi connectivity index (χ2n) is 17.2. The van der Waals surface area contributed by atoms with E-state index in [0.717, 1.165) is 0 Å². The van der Waals surface area contributed by atoms with Gasteiger partial charge in [-0.2, -0.15) is 0 Å². The van der Waals surface area contributed by atoms with Gasteiger partial charge in [0.2, 0.25) is 0 Å². The van der Waals surface area contributed by atoms with Crippen molar-refractivity contribution in [1.29, 1.82) is 0 Å². The van der Waals surface area contributed by atoms with Crippen molar-refractivity contribution >= 4 is 43.6 Å². The maximum Gasteiger partial charge on any atom is 0.0501 e. The molecule has 0 unspecified atom stereocenters. The summed E-state index contributed by atoms with van der Waals surface area (Å²) in [5, 5.41) is 5.84. The Hall–Kier alpha value is -2.74. The molecule has 0 saturated carbocycles. The van der Waals surface area contributed by atoms with E-state index >= 15 is 0 Å². The number of para-hydroxylation sites is 2. The first-order valence-corrected chi connectivity index (χ1v) is 23.7. The van der Waals surface area contributed by atoms with Crippen molar-refractivity contribution in [3.63, 3.8) is 0 Å². The average Bonchev–Trinajstić information content (AvgIpc) is 3.69. The van der Waals surface area contributed by atoms with Gasteiger partial charge >= 0.3 is 0 Å². The zero-order valence-corrected chi connectivity index (χ0v) is 35.6. The van der Waals surface area contributed by atoms with Crippen LogP contribution in [-0.4, -0.2) is 9.13 Å². The van der Waals surface area contributed by atoms with Crippen LogP contribution in [0, 0.1) is 0 Å². The zero-order chi connectivity index (χ0) is 37.8. The number of fused-ring (bicyclic) bond motifs is 6. The van der Waals surface area contributed by atoms with Crippen molar-refractivity contribution in [2.75, 3.05) is 0 Å². The summed E-state index contributed by atoms with van der Waals surface area (Å²) in [5.74, 6) is 0. The van der Waals surface area contributed by atoms with Crippen molar-refractivity contribution in [2.24, 2.45) is 0 Å². The molecule has 2 heteroatoms. The van der Waals surface area contributed by atoms with Gasteiger partial charge in [0.25, 0.3) is 0 Å². The van der Waals surface area contributed by atoms with Crippen LogP contribution in [0.1, 0.15) is 220 Å². The first-order chi connectivity index (χ1) is 26.7. The molecule has 0 aliphatic carbocycles. The average molecular weight is 733 g/mol. The molecule has 0 bridgehead atoms. The molecule has 54 heavy (non-hydrogen) atoms. The van der Waals surface area contributed by atoms with Crippen LogP contribution >= 0.6 is 0 Å². The quantitative estimate of drug-likeness (QED) is 0.0416. The molecule has 0 amide bonds. The molecular weight excluding hydrogens is 653 g/mol. The molecule has 5 rings (SSSR count). The maximum atomic E-state index is 2.83. The van der Waals surface area contributed by atoms with Crippen LogP contribution in [0.3, 0.4) is 0 Å². The SMILES string of the molecule is CCCCCCCCC(CCCCCCCC)n1c2ccccc2c2cc3c(cc21)c1ccccc1n3C(CCCCCCCC)CCCCCCCC. The van der Waals surface area contributed by atoms with Gasteiger partial charge in [-0.3, -0.25) is 0 Å². The van der Waals surface area contributed by atoms with E-state index in [9.17, 15) is 0 Å². The zero-order valence-electron chi connectivity index (χ0n) is 35.6. The van der Waals surface area contributed by atoms with Gasteiger partial charge in [-0.25, -0.2) is 0 Å². The highest BCUT2D eigenvalue weighted by atomic mass is 15.0. The number of benzene rings is 3. The Morgan fingerprint density at radius 3 is 0.907 bits per heavy atom. The number of aromatic nitrogens is 2. The predicted octanol–water partition coefficient (Wildman–Crippen LogP) is 18.0. The smallest absolute Gasteiger partial charge is 0.0501 e. The van der Waals surface area contributed by atoms with Crippen LogP contribution in [0.4, 0.5) is 0 Å². The topological polar surface area (TPSA) is 9.86 Å². The minimum Gasteiger partial charge on any atom is -0.337 e. The lowest BCUT2D eigenvalue weighted by atomic mass is 9.99. The number of hydrogen-bond donors (Lipinski definition) is 0. The highest BCUT2D eigenvalue weighted by molar-refractivity contribution is 6.18. The summed E-state index contributed by atoms with van der Waals surface area (Å²) in [6, 6.07) is 25.2. The van der Waals surface area contributed by atoms with Crippen LogP contribution in [0.5, 0.6) is 0 Å². The summed E-state index contributed by atoms with van der Waals surface area (Å²) in [7, 11) is 0. The van der Waals surface area contributed by atoms with Gasteiger partial charge in [-0.05, 0) is 49.9 Å². The van der Waals surface area contributed by atoms with Gasteiger partial charge < -0.3 is 9.13 Å². The third-order valence-corrected chi connectivity index (χ3v) is 12.8. The fraction of sp³-hybridized carbons (Fsp3) is 0.654. The third kappa shape index (κ3) is 11.6. The van der Waals surface area contributed by atoms with Crippen molar-refractivity contribution < 1.29 is 0 Å². The molecule has 0 radical (unpaired) electrons. The summed E-state index contributed by atoms with van der Waals surface area (Å²) in [5.41, 5.74) is 5.84. The predicted molar refractivity (Wildman–Crippen MR) is 242 cm³/mol. The minimum atomic E-state index is 0.559. The molecule has 298 valence electrons. The summed E-state index contributed by atoms with van der Waals surface area (Å²) in [4.78, 5) is 0. The lowest BCUT2D eigenvalue weighted by Crippen LogP contribution is -2.10. The molecule has 0 aliphatic heterocycles. The van der Waals surface area contributed by atoms with E-state index in [4.69, 9.17) is 0 Å². The monoisotopic (exact) mass is 733 g/mol. The molecule has 0 spiro atoms. The maximum absolute atomic E-state index is 2.83. The highest BCUT2D eigenvalue weighted by Crippen LogP contribution is 2.42. The van der Waals surface area contributed by atoms with E-state index in [2.05, 4.69) is 97.5 Å². The van der Waals surface area contributed by atoms with Crippen LogP contribution < -0.4 is 0 Å². The fourth-order valence-corrected chi connectivity index (χ4v) is 9.72. The summed E-state index contributed by atoms with van der Waals surface area (Å²) >= 11 is 0. The van der Waals surface area contributed by atoms with Gasteiger partial charge in [-0.1, -0.05) is 218 Å². The van der Waals surface area contributed by atoms with Crippen molar-refractivity contribution in [3.05, 3.63) is 60.7 Å². The van der Waals surface area contributed by atoms with Crippen LogP contribution in [0.15, 0.2) is 60.7 Å². The van der Waals surface area contributed by atoms with Crippen molar-refractivity contribution in [1.82, 2.24) is 9.13 Å². The van der Waals surface area contributed by atoms with Gasteiger partial charge in [0.1, 0.15) is 0 Å². The molecule has 3 aromatic carbocycles. The molecular formula is C52H80N2. The van der Waals surface area contributed by atoms with Gasteiger partial charge in [0.05, 0.1) is 11.0 Å². The third-order valence-electron chi connectivity index (χ3n) is 12.8. The van der Waals surface area contributed by atoms with Crippen LogP contribution in [-0.2, 0) is 0 Å². The first-order valence-electron chi connectivity index (χ1n) is 23.7. The van der Waals surface area contributed by atoms with Gasteiger partial charge in [-0.15, -0.1) is 0 Å². The first kappa shape index (κ1) is 42.4. The largest absolute Gasteiger partial charge is 0.337 e. The molecule has 0 aliphatic rings. The molecule has 0 saturated heterocycles. The van der Waals surface area contributed by atoms with E-state index in [1.807, 2.05) is 0 Å². The normalized spacial score (nSPS) is 12.3. The second kappa shape index (κ2) is 24.0. The number of hydrogen-bond acceptors (Lipinski definition) is 0. The number of nitrogens with zero attached hydrogens (tertiary/aromatic N) is 2. The number of rotatable bonds is 30. The minimum absolute atomic E-state index is 0.559. The Morgan fingerprint density at radius 2 is 0.593 bits per heavy atom. The number of unbranched alkanes of at least 4 members (excludes halogenated alkanes) is 20.